The molecule has 0 heterocycles. The van der Waals surface area contributed by atoms with E-state index in [2.05, 4.69) is 10.6 Å². The van der Waals surface area contributed by atoms with Gasteiger partial charge in [-0.15, -0.1) is 6.42 Å². The molecule has 5 nitrogen and oxygen atoms in total. The monoisotopic (exact) mass is 273 g/mol. The maximum atomic E-state index is 13.7. The van der Waals surface area contributed by atoms with Crippen molar-refractivity contribution in [3.63, 3.8) is 0 Å². The Labute approximate surface area is 105 Å². The van der Waals surface area contributed by atoms with Crippen molar-refractivity contribution in [2.24, 2.45) is 0 Å². The van der Waals surface area contributed by atoms with Gasteiger partial charge in [0.25, 0.3) is 0 Å². The van der Waals surface area contributed by atoms with E-state index in [-0.39, 0.29) is 18.0 Å². The summed E-state index contributed by atoms with van der Waals surface area (Å²) in [5.74, 6) is 1.36. The minimum absolute atomic E-state index is 0.103. The molecule has 0 saturated heterocycles. The summed E-state index contributed by atoms with van der Waals surface area (Å²) in [6, 6.07) is 1.97. The lowest BCUT2D eigenvalue weighted by Gasteiger charge is -2.11. The van der Waals surface area contributed by atoms with E-state index in [4.69, 9.17) is 15.9 Å². The normalized spacial score (nSPS) is 10.8. The van der Waals surface area contributed by atoms with Gasteiger partial charge in [0.05, 0.1) is 20.8 Å². The predicted molar refractivity (Wildman–Crippen MR) is 63.5 cm³/mol. The van der Waals surface area contributed by atoms with Crippen molar-refractivity contribution in [1.29, 1.82) is 0 Å². The molecule has 0 aliphatic rings. The van der Waals surface area contributed by atoms with E-state index in [1.165, 1.54) is 14.2 Å². The van der Waals surface area contributed by atoms with E-state index in [1.54, 1.807) is 0 Å². The van der Waals surface area contributed by atoms with Gasteiger partial charge < -0.3 is 9.47 Å². The van der Waals surface area contributed by atoms with Crippen molar-refractivity contribution in [3.8, 4) is 23.8 Å². The Morgan fingerprint density at radius 3 is 2.39 bits per heavy atom. The van der Waals surface area contributed by atoms with Crippen LogP contribution in [0.2, 0.25) is 0 Å². The van der Waals surface area contributed by atoms with Crippen molar-refractivity contribution >= 4 is 10.0 Å². The van der Waals surface area contributed by atoms with E-state index < -0.39 is 20.7 Å². The maximum absolute atomic E-state index is 13.7. The fourth-order valence-corrected chi connectivity index (χ4v) is 2.26. The van der Waals surface area contributed by atoms with E-state index in [0.717, 1.165) is 12.1 Å². The minimum Gasteiger partial charge on any atom is -0.493 e. The maximum Gasteiger partial charge on any atom is 0.244 e. The molecular formula is C11H12FNO4S. The van der Waals surface area contributed by atoms with Crippen LogP contribution in [-0.4, -0.2) is 29.2 Å². The Hall–Kier alpha value is -1.78. The van der Waals surface area contributed by atoms with Gasteiger partial charge in [-0.1, -0.05) is 5.92 Å². The highest BCUT2D eigenvalue weighted by Gasteiger charge is 2.21. The number of hydrogen-bond acceptors (Lipinski definition) is 4. The second-order valence-electron chi connectivity index (χ2n) is 3.17. The number of benzene rings is 1. The van der Waals surface area contributed by atoms with Gasteiger partial charge in [0, 0.05) is 12.1 Å². The fourth-order valence-electron chi connectivity index (χ4n) is 1.26. The SMILES string of the molecule is C#CCNS(=O)(=O)c1cc(OC)c(OC)cc1F. The van der Waals surface area contributed by atoms with Crippen molar-refractivity contribution in [1.82, 2.24) is 4.72 Å². The number of rotatable bonds is 5. The van der Waals surface area contributed by atoms with E-state index in [1.807, 2.05) is 0 Å². The molecule has 18 heavy (non-hydrogen) atoms. The summed E-state index contributed by atoms with van der Waals surface area (Å²) in [5, 5.41) is 0. The van der Waals surface area contributed by atoms with Gasteiger partial charge in [-0.2, -0.15) is 4.72 Å². The smallest absolute Gasteiger partial charge is 0.244 e. The molecule has 0 aliphatic carbocycles. The molecular weight excluding hydrogens is 261 g/mol. The highest BCUT2D eigenvalue weighted by Crippen LogP contribution is 2.31. The first kappa shape index (κ1) is 14.3. The zero-order chi connectivity index (χ0) is 13.8. The number of ether oxygens (including phenoxy) is 2. The minimum atomic E-state index is -4.01. The molecule has 7 heteroatoms. The summed E-state index contributed by atoms with van der Waals surface area (Å²) in [7, 11) is -1.37. The molecule has 1 N–H and O–H groups in total. The molecule has 0 atom stereocenters. The molecule has 1 aromatic rings. The van der Waals surface area contributed by atoms with Crippen LogP contribution in [0.1, 0.15) is 0 Å². The molecule has 1 aromatic carbocycles. The molecule has 1 rings (SSSR count). The Morgan fingerprint density at radius 2 is 1.89 bits per heavy atom. The quantitative estimate of drug-likeness (QED) is 0.804. The molecule has 0 aromatic heterocycles. The molecule has 0 amide bonds. The summed E-state index contributed by atoms with van der Waals surface area (Å²) in [6.07, 6.45) is 4.94. The molecule has 0 aliphatic heterocycles. The lowest BCUT2D eigenvalue weighted by molar-refractivity contribution is 0.350. The van der Waals surface area contributed by atoms with E-state index >= 15 is 0 Å². The Bertz CT molecular complexity index is 577. The van der Waals surface area contributed by atoms with E-state index in [9.17, 15) is 12.8 Å². The van der Waals surface area contributed by atoms with Crippen LogP contribution < -0.4 is 14.2 Å². The number of sulfonamides is 1. The summed E-state index contributed by atoms with van der Waals surface area (Å²) < 4.78 is 49.0. The van der Waals surface area contributed by atoms with Crippen LogP contribution in [0, 0.1) is 18.2 Å². The third-order valence-electron chi connectivity index (χ3n) is 2.09. The standard InChI is InChI=1S/C11H12FNO4S/c1-4-5-13-18(14,15)11-7-10(17-3)9(16-2)6-8(11)12/h1,6-7,13H,5H2,2-3H3. The summed E-state index contributed by atoms with van der Waals surface area (Å²) in [5.41, 5.74) is 0. The zero-order valence-electron chi connectivity index (χ0n) is 9.86. The fraction of sp³-hybridized carbons (Fsp3) is 0.273. The van der Waals surface area contributed by atoms with Crippen LogP contribution >= 0.6 is 0 Å². The first-order valence-electron chi connectivity index (χ1n) is 4.81. The van der Waals surface area contributed by atoms with Crippen molar-refractivity contribution in [3.05, 3.63) is 17.9 Å². The van der Waals surface area contributed by atoms with Crippen molar-refractivity contribution in [2.75, 3.05) is 20.8 Å². The molecule has 0 bridgehead atoms. The van der Waals surface area contributed by atoms with Gasteiger partial charge in [0.15, 0.2) is 11.5 Å². The third-order valence-corrected chi connectivity index (χ3v) is 3.51. The zero-order valence-corrected chi connectivity index (χ0v) is 10.7. The molecule has 0 fully saturated rings. The van der Waals surface area contributed by atoms with Crippen LogP contribution in [-0.2, 0) is 10.0 Å². The topological polar surface area (TPSA) is 64.6 Å². The molecule has 0 unspecified atom stereocenters. The van der Waals surface area contributed by atoms with E-state index in [0.29, 0.717) is 0 Å². The van der Waals surface area contributed by atoms with Crippen LogP contribution in [0.4, 0.5) is 4.39 Å². The van der Waals surface area contributed by atoms with Crippen LogP contribution in [0.25, 0.3) is 0 Å². The summed E-state index contributed by atoms with van der Waals surface area (Å²) in [6.45, 7) is -0.226. The average Bonchev–Trinajstić information content (AvgIpc) is 2.35. The molecule has 0 radical (unpaired) electrons. The van der Waals surface area contributed by atoms with Crippen molar-refractivity contribution in [2.45, 2.75) is 4.90 Å². The number of terminal acetylenes is 1. The van der Waals surface area contributed by atoms with Crippen LogP contribution in [0.5, 0.6) is 11.5 Å². The number of halogens is 1. The van der Waals surface area contributed by atoms with Gasteiger partial charge >= 0.3 is 0 Å². The summed E-state index contributed by atoms with van der Waals surface area (Å²) in [4.78, 5) is -0.546. The molecule has 0 saturated carbocycles. The first-order valence-corrected chi connectivity index (χ1v) is 6.29. The Morgan fingerprint density at radius 1 is 1.33 bits per heavy atom. The Kier molecular flexibility index (Phi) is 4.53. The Balaban J connectivity index is 3.30. The largest absolute Gasteiger partial charge is 0.493 e. The van der Waals surface area contributed by atoms with Gasteiger partial charge in [0.2, 0.25) is 10.0 Å². The number of hydrogen-bond donors (Lipinski definition) is 1. The highest BCUT2D eigenvalue weighted by molar-refractivity contribution is 7.89. The number of nitrogens with one attached hydrogen (secondary N) is 1. The van der Waals surface area contributed by atoms with Gasteiger partial charge in [-0.05, 0) is 0 Å². The lowest BCUT2D eigenvalue weighted by Crippen LogP contribution is -2.25. The highest BCUT2D eigenvalue weighted by atomic mass is 32.2. The number of methoxy groups -OCH3 is 2. The predicted octanol–water partition coefficient (Wildman–Crippen LogP) is 0.754. The lowest BCUT2D eigenvalue weighted by atomic mass is 10.3. The first-order chi connectivity index (χ1) is 8.46. The van der Waals surface area contributed by atoms with Crippen LogP contribution in [0.15, 0.2) is 17.0 Å². The van der Waals surface area contributed by atoms with Gasteiger partial charge in [-0.25, -0.2) is 12.8 Å². The van der Waals surface area contributed by atoms with Crippen molar-refractivity contribution < 1.29 is 22.3 Å². The second kappa shape index (κ2) is 5.71. The van der Waals surface area contributed by atoms with Gasteiger partial charge in [-0.3, -0.25) is 0 Å². The van der Waals surface area contributed by atoms with Gasteiger partial charge in [0.1, 0.15) is 10.7 Å². The second-order valence-corrected chi connectivity index (χ2v) is 4.90. The molecule has 98 valence electrons. The summed E-state index contributed by atoms with van der Waals surface area (Å²) >= 11 is 0. The molecule has 0 spiro atoms. The average molecular weight is 273 g/mol. The van der Waals surface area contributed by atoms with Crippen LogP contribution in [0.3, 0.4) is 0 Å². The third kappa shape index (κ3) is 2.91.